The summed E-state index contributed by atoms with van der Waals surface area (Å²) >= 11 is 0. The second-order valence-corrected chi connectivity index (χ2v) is 7.83. The highest BCUT2D eigenvalue weighted by Crippen LogP contribution is 2.32. The number of H-pyrrole nitrogens is 1. The van der Waals surface area contributed by atoms with Crippen LogP contribution in [0, 0.1) is 18.6 Å². The third-order valence-electron chi connectivity index (χ3n) is 5.26. The number of carbonyl (C=O) groups is 1. The first-order valence-electron chi connectivity index (χ1n) is 9.26. The topological polar surface area (TPSA) is 94.1 Å². The molecule has 1 aliphatic heterocycles. The van der Waals surface area contributed by atoms with Crippen molar-refractivity contribution < 1.29 is 18.7 Å². The van der Waals surface area contributed by atoms with Crippen LogP contribution in [0.3, 0.4) is 0 Å². The number of aromatic hydroxyl groups is 1. The third-order valence-corrected chi connectivity index (χ3v) is 5.26. The average Bonchev–Trinajstić information content (AvgIpc) is 3.00. The molecule has 0 saturated carbocycles. The van der Waals surface area contributed by atoms with Gasteiger partial charge in [0.1, 0.15) is 17.4 Å². The highest BCUT2D eigenvalue weighted by molar-refractivity contribution is 6.07. The minimum atomic E-state index is -0.970. The molecule has 0 spiro atoms. The van der Waals surface area contributed by atoms with Crippen LogP contribution in [0.25, 0.3) is 22.3 Å². The number of amides is 1. The van der Waals surface area contributed by atoms with E-state index in [0.717, 1.165) is 12.1 Å². The van der Waals surface area contributed by atoms with Gasteiger partial charge in [0, 0.05) is 37.5 Å². The van der Waals surface area contributed by atoms with Crippen molar-refractivity contribution in [3.05, 3.63) is 41.1 Å². The number of phenols is 1. The van der Waals surface area contributed by atoms with Crippen molar-refractivity contribution in [3.8, 4) is 17.0 Å². The molecule has 152 valence electrons. The van der Waals surface area contributed by atoms with Crippen LogP contribution in [0.4, 0.5) is 8.78 Å². The number of nitrogens with zero attached hydrogens (tertiary/aromatic N) is 3. The summed E-state index contributed by atoms with van der Waals surface area (Å²) in [5.74, 6) is -2.72. The second-order valence-electron chi connectivity index (χ2n) is 7.83. The molecule has 0 atom stereocenters. The maximum atomic E-state index is 14.4. The van der Waals surface area contributed by atoms with E-state index in [4.69, 9.17) is 0 Å². The van der Waals surface area contributed by atoms with Crippen molar-refractivity contribution in [2.24, 2.45) is 0 Å². The summed E-state index contributed by atoms with van der Waals surface area (Å²) in [4.78, 5) is 19.5. The molecular formula is C20H21F2N5O2. The standard InChI is InChI=1S/C20H21F2N5O2/c1-10-16-12(19(29)27-5-4-23-9-20(27,2)3)8-15(24-18(16)26-25-10)17-13(21)6-11(28)7-14(17)22/h6-8,23,28H,4-5,9H2,1-3H3,(H,24,25,26). The fourth-order valence-corrected chi connectivity index (χ4v) is 3.78. The summed E-state index contributed by atoms with van der Waals surface area (Å²) in [6.45, 7) is 7.46. The molecule has 1 aromatic carbocycles. The number of carbonyl (C=O) groups excluding carboxylic acids is 1. The first-order valence-corrected chi connectivity index (χ1v) is 9.26. The van der Waals surface area contributed by atoms with Crippen LogP contribution in [-0.2, 0) is 0 Å². The lowest BCUT2D eigenvalue weighted by molar-refractivity contribution is 0.0479. The van der Waals surface area contributed by atoms with E-state index in [2.05, 4.69) is 20.5 Å². The van der Waals surface area contributed by atoms with Crippen LogP contribution in [0.2, 0.25) is 0 Å². The Morgan fingerprint density at radius 1 is 1.24 bits per heavy atom. The number of nitrogens with one attached hydrogen (secondary N) is 2. The van der Waals surface area contributed by atoms with Gasteiger partial charge in [0.25, 0.3) is 5.91 Å². The van der Waals surface area contributed by atoms with Crippen molar-refractivity contribution in [3.63, 3.8) is 0 Å². The molecule has 0 aliphatic carbocycles. The quantitative estimate of drug-likeness (QED) is 0.614. The van der Waals surface area contributed by atoms with Crippen molar-refractivity contribution in [1.29, 1.82) is 0 Å². The van der Waals surface area contributed by atoms with Crippen molar-refractivity contribution in [2.75, 3.05) is 19.6 Å². The van der Waals surface area contributed by atoms with Gasteiger partial charge in [-0.2, -0.15) is 5.10 Å². The Balaban J connectivity index is 1.92. The number of benzene rings is 1. The molecule has 7 nitrogen and oxygen atoms in total. The molecule has 29 heavy (non-hydrogen) atoms. The number of rotatable bonds is 2. The monoisotopic (exact) mass is 401 g/mol. The molecule has 3 N–H and O–H groups in total. The van der Waals surface area contributed by atoms with Gasteiger partial charge in [-0.1, -0.05) is 0 Å². The number of aryl methyl sites for hydroxylation is 1. The van der Waals surface area contributed by atoms with Crippen LogP contribution < -0.4 is 5.32 Å². The Hall–Kier alpha value is -3.07. The number of phenolic OH excluding ortho intramolecular Hbond substituents is 1. The highest BCUT2D eigenvalue weighted by Gasteiger charge is 2.35. The van der Waals surface area contributed by atoms with E-state index >= 15 is 0 Å². The molecule has 1 fully saturated rings. The van der Waals surface area contributed by atoms with Gasteiger partial charge >= 0.3 is 0 Å². The van der Waals surface area contributed by atoms with Crippen molar-refractivity contribution in [1.82, 2.24) is 25.4 Å². The first-order chi connectivity index (χ1) is 13.7. The number of hydrogen-bond acceptors (Lipinski definition) is 5. The molecule has 0 radical (unpaired) electrons. The van der Waals surface area contributed by atoms with Crippen LogP contribution in [0.1, 0.15) is 29.9 Å². The summed E-state index contributed by atoms with van der Waals surface area (Å²) in [7, 11) is 0. The molecular weight excluding hydrogens is 380 g/mol. The number of halogens is 2. The largest absolute Gasteiger partial charge is 0.508 e. The maximum absolute atomic E-state index is 14.4. The summed E-state index contributed by atoms with van der Waals surface area (Å²) in [5.41, 5.74) is 0.204. The molecule has 3 heterocycles. The summed E-state index contributed by atoms with van der Waals surface area (Å²) < 4.78 is 28.9. The smallest absolute Gasteiger partial charge is 0.255 e. The molecule has 3 aromatic rings. The molecule has 0 bridgehead atoms. The summed E-state index contributed by atoms with van der Waals surface area (Å²) in [6, 6.07) is 3.01. The SMILES string of the molecule is Cc1[nH]nc2nc(-c3c(F)cc(O)cc3F)cc(C(=O)N3CCNCC3(C)C)c12. The van der Waals surface area contributed by atoms with Crippen molar-refractivity contribution in [2.45, 2.75) is 26.3 Å². The zero-order chi connectivity index (χ0) is 20.9. The minimum absolute atomic E-state index is 0.0599. The minimum Gasteiger partial charge on any atom is -0.508 e. The van der Waals surface area contributed by atoms with E-state index in [9.17, 15) is 18.7 Å². The molecule has 1 saturated heterocycles. The molecule has 9 heteroatoms. The van der Waals surface area contributed by atoms with Gasteiger partial charge in [0.15, 0.2) is 5.65 Å². The lowest BCUT2D eigenvalue weighted by Gasteiger charge is -2.43. The van der Waals surface area contributed by atoms with E-state index < -0.39 is 28.5 Å². The highest BCUT2D eigenvalue weighted by atomic mass is 19.1. The van der Waals surface area contributed by atoms with E-state index in [1.165, 1.54) is 6.07 Å². The first kappa shape index (κ1) is 19.3. The number of piperazine rings is 1. The van der Waals surface area contributed by atoms with Crippen LogP contribution in [0.15, 0.2) is 18.2 Å². The van der Waals surface area contributed by atoms with Crippen LogP contribution >= 0.6 is 0 Å². The third kappa shape index (κ3) is 3.21. The zero-order valence-electron chi connectivity index (χ0n) is 16.3. The molecule has 2 aromatic heterocycles. The van der Waals surface area contributed by atoms with Gasteiger partial charge in [0.05, 0.1) is 27.7 Å². The fourth-order valence-electron chi connectivity index (χ4n) is 3.78. The summed E-state index contributed by atoms with van der Waals surface area (Å²) in [5, 5.41) is 20.1. The van der Waals surface area contributed by atoms with E-state index in [1.807, 2.05) is 13.8 Å². The molecule has 1 amide bonds. The van der Waals surface area contributed by atoms with E-state index in [0.29, 0.717) is 30.7 Å². The number of hydrogen-bond donors (Lipinski definition) is 3. The Kier molecular flexibility index (Phi) is 4.49. The number of aromatic amines is 1. The Morgan fingerprint density at radius 2 is 1.93 bits per heavy atom. The molecule has 4 rings (SSSR count). The Morgan fingerprint density at radius 3 is 2.59 bits per heavy atom. The predicted molar refractivity (Wildman–Crippen MR) is 104 cm³/mol. The Labute approximate surface area is 165 Å². The predicted octanol–water partition coefficient (Wildman–Crippen LogP) is 2.74. The van der Waals surface area contributed by atoms with Gasteiger partial charge in [-0.25, -0.2) is 13.8 Å². The maximum Gasteiger partial charge on any atom is 0.255 e. The number of pyridine rings is 1. The number of fused-ring (bicyclic) bond motifs is 1. The van der Waals surface area contributed by atoms with Gasteiger partial charge in [-0.3, -0.25) is 9.89 Å². The summed E-state index contributed by atoms with van der Waals surface area (Å²) in [6.07, 6.45) is 0. The molecule has 0 unspecified atom stereocenters. The van der Waals surface area contributed by atoms with Crippen LogP contribution in [-0.4, -0.2) is 56.3 Å². The normalized spacial score (nSPS) is 16.4. The van der Waals surface area contributed by atoms with Gasteiger partial charge in [-0.15, -0.1) is 0 Å². The van der Waals surface area contributed by atoms with Gasteiger partial charge in [0.2, 0.25) is 0 Å². The van der Waals surface area contributed by atoms with E-state index in [-0.39, 0.29) is 22.8 Å². The van der Waals surface area contributed by atoms with Gasteiger partial charge in [-0.05, 0) is 26.8 Å². The second kappa shape index (κ2) is 6.77. The lowest BCUT2D eigenvalue weighted by Crippen LogP contribution is -2.59. The van der Waals surface area contributed by atoms with Crippen LogP contribution in [0.5, 0.6) is 5.75 Å². The Bertz CT molecular complexity index is 1100. The fraction of sp³-hybridized carbons (Fsp3) is 0.350. The zero-order valence-corrected chi connectivity index (χ0v) is 16.3. The van der Waals surface area contributed by atoms with E-state index in [1.54, 1.807) is 11.8 Å². The number of aromatic nitrogens is 3. The van der Waals surface area contributed by atoms with Crippen molar-refractivity contribution >= 4 is 16.9 Å². The molecule has 1 aliphatic rings. The van der Waals surface area contributed by atoms with Gasteiger partial charge < -0.3 is 15.3 Å². The lowest BCUT2D eigenvalue weighted by atomic mass is 9.97. The average molecular weight is 401 g/mol.